The first-order valence-electron chi connectivity index (χ1n) is 5.11. The molecule has 0 unspecified atom stereocenters. The number of amides is 1. The molecule has 0 bridgehead atoms. The summed E-state index contributed by atoms with van der Waals surface area (Å²) in [7, 11) is 0. The summed E-state index contributed by atoms with van der Waals surface area (Å²) in [5.41, 5.74) is 2.85. The molecule has 0 radical (unpaired) electrons. The van der Waals surface area contributed by atoms with E-state index >= 15 is 0 Å². The lowest BCUT2D eigenvalue weighted by atomic mass is 9.95. The lowest BCUT2D eigenvalue weighted by Crippen LogP contribution is -2.36. The number of carbonyl (C=O) groups excluding carboxylic acids is 1. The number of hydrogen-bond acceptors (Lipinski definition) is 2. The number of halogens is 1. The molecule has 3 nitrogen and oxygen atoms in total. The predicted octanol–water partition coefficient (Wildman–Crippen LogP) is 1.68. The lowest BCUT2D eigenvalue weighted by molar-refractivity contribution is -0.129. The topological polar surface area (TPSA) is 44.1 Å². The van der Waals surface area contributed by atoms with Crippen LogP contribution in [0.4, 0.5) is 0 Å². The monoisotopic (exact) mass is 234 g/mol. The van der Waals surface area contributed by atoms with E-state index in [0.29, 0.717) is 13.1 Å². The summed E-state index contributed by atoms with van der Waals surface area (Å²) < 4.78 is 0. The van der Waals surface area contributed by atoms with Gasteiger partial charge in [-0.25, -0.2) is 0 Å². The van der Waals surface area contributed by atoms with Crippen LogP contribution in [-0.2, 0) is 17.8 Å². The minimum absolute atomic E-state index is 0.0211. The van der Waals surface area contributed by atoms with Crippen LogP contribution in [0.3, 0.4) is 0 Å². The second-order valence-corrected chi connectivity index (χ2v) is 4.02. The predicted molar refractivity (Wildman–Crippen MR) is 61.0 cm³/mol. The Morgan fingerprint density at radius 1 is 1.56 bits per heavy atom. The second-order valence-electron chi connectivity index (χ2n) is 3.75. The van der Waals surface area contributed by atoms with Crippen molar-refractivity contribution >= 4 is 17.5 Å². The zero-order valence-corrected chi connectivity index (χ0v) is 9.50. The van der Waals surface area contributed by atoms with E-state index in [1.54, 1.807) is 4.90 Å². The van der Waals surface area contributed by atoms with Gasteiger partial charge >= 0.3 is 0 Å². The molecule has 4 heteroatoms. The Balaban J connectivity index is 2.29. The minimum atomic E-state index is -0.0466. The summed E-state index contributed by atoms with van der Waals surface area (Å²) in [6, 6.07) is 7.82. The highest BCUT2D eigenvalue weighted by molar-refractivity contribution is 6.27. The van der Waals surface area contributed by atoms with Crippen LogP contribution in [0.2, 0.25) is 0 Å². The van der Waals surface area contributed by atoms with Gasteiger partial charge in [-0.05, 0) is 23.6 Å². The third-order valence-electron chi connectivity index (χ3n) is 2.85. The molecule has 0 spiro atoms. The van der Waals surface area contributed by atoms with Crippen molar-refractivity contribution in [1.29, 1.82) is 5.26 Å². The fourth-order valence-corrected chi connectivity index (χ4v) is 2.18. The number of nitriles is 1. The summed E-state index contributed by atoms with van der Waals surface area (Å²) in [6.07, 6.45) is 0.738. The van der Waals surface area contributed by atoms with Crippen LogP contribution < -0.4 is 0 Å². The molecule has 1 heterocycles. The highest BCUT2D eigenvalue weighted by Gasteiger charge is 2.21. The van der Waals surface area contributed by atoms with Gasteiger partial charge in [0.1, 0.15) is 5.88 Å². The van der Waals surface area contributed by atoms with Gasteiger partial charge in [-0.3, -0.25) is 4.79 Å². The van der Waals surface area contributed by atoms with Crippen molar-refractivity contribution in [1.82, 2.24) is 4.90 Å². The van der Waals surface area contributed by atoms with Gasteiger partial charge in [0.05, 0.1) is 11.6 Å². The maximum absolute atomic E-state index is 11.5. The summed E-state index contributed by atoms with van der Waals surface area (Å²) in [5, 5.41) is 8.96. The SMILES string of the molecule is N#Cc1cccc2c1CCN(C(=O)CCl)C2. The molecule has 1 aliphatic heterocycles. The number of carbonyl (C=O) groups is 1. The van der Waals surface area contributed by atoms with E-state index in [1.165, 1.54) is 0 Å². The molecule has 1 amide bonds. The smallest absolute Gasteiger partial charge is 0.237 e. The number of hydrogen-bond donors (Lipinski definition) is 0. The Morgan fingerprint density at radius 2 is 2.38 bits per heavy atom. The van der Waals surface area contributed by atoms with E-state index in [1.807, 2.05) is 18.2 Å². The molecule has 0 atom stereocenters. The summed E-state index contributed by atoms with van der Waals surface area (Å²) in [5.74, 6) is -0.0255. The molecule has 1 aliphatic rings. The summed E-state index contributed by atoms with van der Waals surface area (Å²) in [6.45, 7) is 1.22. The first-order chi connectivity index (χ1) is 7.76. The first kappa shape index (κ1) is 11.0. The van der Waals surface area contributed by atoms with Crippen molar-refractivity contribution < 1.29 is 4.79 Å². The number of alkyl halides is 1. The van der Waals surface area contributed by atoms with Crippen LogP contribution in [0, 0.1) is 11.3 Å². The van der Waals surface area contributed by atoms with Gasteiger partial charge in [-0.15, -0.1) is 11.6 Å². The first-order valence-corrected chi connectivity index (χ1v) is 5.64. The van der Waals surface area contributed by atoms with E-state index in [2.05, 4.69) is 6.07 Å². The third kappa shape index (κ3) is 1.89. The third-order valence-corrected chi connectivity index (χ3v) is 3.08. The van der Waals surface area contributed by atoms with Gasteiger partial charge in [0.2, 0.25) is 5.91 Å². The Kier molecular flexibility index (Phi) is 3.12. The number of rotatable bonds is 1. The standard InChI is InChI=1S/C12H11ClN2O/c13-6-12(16)15-5-4-11-9(7-14)2-1-3-10(11)8-15/h1-3H,4-6,8H2. The van der Waals surface area contributed by atoms with E-state index < -0.39 is 0 Å². The average molecular weight is 235 g/mol. The fraction of sp³-hybridized carbons (Fsp3) is 0.333. The second kappa shape index (κ2) is 4.54. The molecular weight excluding hydrogens is 224 g/mol. The van der Waals surface area contributed by atoms with Gasteiger partial charge in [0.25, 0.3) is 0 Å². The number of fused-ring (bicyclic) bond motifs is 1. The Labute approximate surface area is 99.2 Å². The molecule has 0 saturated heterocycles. The lowest BCUT2D eigenvalue weighted by Gasteiger charge is -2.28. The van der Waals surface area contributed by atoms with Crippen molar-refractivity contribution in [2.45, 2.75) is 13.0 Å². The molecule has 1 aromatic rings. The van der Waals surface area contributed by atoms with Crippen LogP contribution in [0.1, 0.15) is 16.7 Å². The molecule has 2 rings (SSSR count). The van der Waals surface area contributed by atoms with E-state index in [4.69, 9.17) is 16.9 Å². The molecule has 0 fully saturated rings. The van der Waals surface area contributed by atoms with Crippen LogP contribution in [0.25, 0.3) is 0 Å². The van der Waals surface area contributed by atoms with Gasteiger partial charge < -0.3 is 4.90 Å². The highest BCUT2D eigenvalue weighted by Crippen LogP contribution is 2.22. The van der Waals surface area contributed by atoms with Crippen LogP contribution in [0.5, 0.6) is 0 Å². The number of benzene rings is 1. The zero-order chi connectivity index (χ0) is 11.5. The number of nitrogens with zero attached hydrogens (tertiary/aromatic N) is 2. The molecule has 0 saturated carbocycles. The van der Waals surface area contributed by atoms with Crippen molar-refractivity contribution in [3.05, 3.63) is 34.9 Å². The summed E-state index contributed by atoms with van der Waals surface area (Å²) in [4.78, 5) is 13.2. The van der Waals surface area contributed by atoms with E-state index in [0.717, 1.165) is 23.1 Å². The Hall–Kier alpha value is -1.53. The fourth-order valence-electron chi connectivity index (χ4n) is 2.01. The molecule has 0 aliphatic carbocycles. The van der Waals surface area contributed by atoms with Gasteiger partial charge in [-0.1, -0.05) is 12.1 Å². The zero-order valence-electron chi connectivity index (χ0n) is 8.74. The van der Waals surface area contributed by atoms with Crippen molar-refractivity contribution in [3.8, 4) is 6.07 Å². The van der Waals surface area contributed by atoms with E-state index in [-0.39, 0.29) is 11.8 Å². The molecular formula is C12H11ClN2O. The Bertz CT molecular complexity index is 465. The maximum atomic E-state index is 11.5. The molecule has 0 N–H and O–H groups in total. The van der Waals surface area contributed by atoms with Crippen LogP contribution >= 0.6 is 11.6 Å². The molecule has 0 aromatic heterocycles. The van der Waals surface area contributed by atoms with Crippen LogP contribution in [-0.4, -0.2) is 23.2 Å². The molecule has 82 valence electrons. The van der Waals surface area contributed by atoms with Gasteiger partial charge in [-0.2, -0.15) is 5.26 Å². The van der Waals surface area contributed by atoms with Crippen molar-refractivity contribution in [2.75, 3.05) is 12.4 Å². The Morgan fingerprint density at radius 3 is 3.06 bits per heavy atom. The van der Waals surface area contributed by atoms with Crippen molar-refractivity contribution in [2.24, 2.45) is 0 Å². The normalized spacial score (nSPS) is 14.1. The van der Waals surface area contributed by atoms with Gasteiger partial charge in [0, 0.05) is 13.1 Å². The molecule has 16 heavy (non-hydrogen) atoms. The molecule has 1 aromatic carbocycles. The van der Waals surface area contributed by atoms with Crippen molar-refractivity contribution in [3.63, 3.8) is 0 Å². The quantitative estimate of drug-likeness (QED) is 0.694. The summed E-state index contributed by atoms with van der Waals surface area (Å²) >= 11 is 5.53. The van der Waals surface area contributed by atoms with Crippen LogP contribution in [0.15, 0.2) is 18.2 Å². The largest absolute Gasteiger partial charge is 0.337 e. The van der Waals surface area contributed by atoms with Gasteiger partial charge in [0.15, 0.2) is 0 Å². The average Bonchev–Trinajstić information content (AvgIpc) is 2.36. The highest BCUT2D eigenvalue weighted by atomic mass is 35.5. The van der Waals surface area contributed by atoms with E-state index in [9.17, 15) is 4.79 Å². The maximum Gasteiger partial charge on any atom is 0.237 e. The minimum Gasteiger partial charge on any atom is -0.337 e.